The summed E-state index contributed by atoms with van der Waals surface area (Å²) in [6, 6.07) is 14.7. The number of hydrazone groups is 1. The fourth-order valence-electron chi connectivity index (χ4n) is 2.37. The number of hydrogen-bond donors (Lipinski definition) is 2. The van der Waals surface area contributed by atoms with Crippen LogP contribution in [0, 0.1) is 0 Å². The molecular weight excluding hydrogens is 342 g/mol. The highest BCUT2D eigenvalue weighted by Crippen LogP contribution is 2.22. The smallest absolute Gasteiger partial charge is 0.259 e. The first-order valence-corrected chi connectivity index (χ1v) is 8.65. The van der Waals surface area contributed by atoms with Gasteiger partial charge in [-0.05, 0) is 35.2 Å². The van der Waals surface area contributed by atoms with Crippen LogP contribution in [0.1, 0.15) is 42.3 Å². The molecule has 0 bridgehead atoms. The molecule has 2 aromatic carbocycles. The highest BCUT2D eigenvalue weighted by Gasteiger charge is 2.14. The Bertz CT molecular complexity index is 821. The van der Waals surface area contributed by atoms with E-state index in [1.807, 2.05) is 30.3 Å². The summed E-state index contributed by atoms with van der Waals surface area (Å²) >= 11 is 0. The summed E-state index contributed by atoms with van der Waals surface area (Å²) in [4.78, 5) is 24.0. The molecule has 0 aromatic heterocycles. The predicted octanol–water partition coefficient (Wildman–Crippen LogP) is 2.87. The van der Waals surface area contributed by atoms with Crippen LogP contribution in [0.15, 0.2) is 53.6 Å². The van der Waals surface area contributed by atoms with Crippen LogP contribution in [-0.4, -0.2) is 31.7 Å². The number of nitrogens with one attached hydrogen (secondary N) is 2. The molecule has 2 aromatic rings. The van der Waals surface area contributed by atoms with E-state index in [9.17, 15) is 9.59 Å². The van der Waals surface area contributed by atoms with Crippen LogP contribution in [0.25, 0.3) is 0 Å². The molecule has 0 aliphatic rings. The van der Waals surface area contributed by atoms with E-state index < -0.39 is 5.91 Å². The number of benzene rings is 2. The van der Waals surface area contributed by atoms with Gasteiger partial charge in [0.15, 0.2) is 0 Å². The molecule has 0 fully saturated rings. The van der Waals surface area contributed by atoms with Crippen LogP contribution in [0.2, 0.25) is 0 Å². The molecule has 0 atom stereocenters. The number of nitrogens with zero attached hydrogens (tertiary/aromatic N) is 1. The van der Waals surface area contributed by atoms with Gasteiger partial charge in [0.2, 0.25) is 0 Å². The van der Waals surface area contributed by atoms with E-state index in [4.69, 9.17) is 4.74 Å². The van der Waals surface area contributed by atoms with Gasteiger partial charge in [-0.2, -0.15) is 5.10 Å². The van der Waals surface area contributed by atoms with E-state index in [1.165, 1.54) is 6.21 Å². The van der Waals surface area contributed by atoms with Crippen molar-refractivity contribution in [3.8, 4) is 5.75 Å². The van der Waals surface area contributed by atoms with E-state index in [2.05, 4.69) is 36.6 Å². The van der Waals surface area contributed by atoms with Crippen molar-refractivity contribution in [1.29, 1.82) is 0 Å². The van der Waals surface area contributed by atoms with Crippen LogP contribution >= 0.6 is 0 Å². The van der Waals surface area contributed by atoms with E-state index in [1.54, 1.807) is 25.3 Å². The standard InChI is InChI=1S/C21H25N3O3/c1-21(2,3)17-11-9-15(10-12-17)20(26)22-14-19(25)24-23-13-16-7-5-6-8-18(16)27-4/h5-13H,14H2,1-4H3,(H,22,26)(H,24,25)/b23-13-. The van der Waals surface area contributed by atoms with Crippen molar-refractivity contribution < 1.29 is 14.3 Å². The van der Waals surface area contributed by atoms with Crippen molar-refractivity contribution >= 4 is 18.0 Å². The molecule has 0 aliphatic heterocycles. The first kappa shape index (κ1) is 20.2. The Balaban J connectivity index is 1.84. The lowest BCUT2D eigenvalue weighted by Gasteiger charge is -2.19. The lowest BCUT2D eigenvalue weighted by molar-refractivity contribution is -0.120. The van der Waals surface area contributed by atoms with E-state index in [0.29, 0.717) is 11.3 Å². The summed E-state index contributed by atoms with van der Waals surface area (Å²) in [5.74, 6) is -0.0670. The quantitative estimate of drug-likeness (QED) is 0.609. The largest absolute Gasteiger partial charge is 0.496 e. The first-order valence-electron chi connectivity index (χ1n) is 8.65. The summed E-state index contributed by atoms with van der Waals surface area (Å²) in [6.07, 6.45) is 1.49. The average Bonchev–Trinajstić information content (AvgIpc) is 2.66. The van der Waals surface area contributed by atoms with Crippen molar-refractivity contribution in [2.45, 2.75) is 26.2 Å². The number of amides is 2. The topological polar surface area (TPSA) is 79.8 Å². The predicted molar refractivity (Wildman–Crippen MR) is 106 cm³/mol. The highest BCUT2D eigenvalue weighted by molar-refractivity contribution is 5.96. The Morgan fingerprint density at radius 3 is 2.37 bits per heavy atom. The molecule has 2 amide bonds. The van der Waals surface area contributed by atoms with Gasteiger partial charge < -0.3 is 10.1 Å². The summed E-state index contributed by atoms with van der Waals surface area (Å²) in [6.45, 7) is 6.16. The fourth-order valence-corrected chi connectivity index (χ4v) is 2.37. The van der Waals surface area contributed by atoms with Gasteiger partial charge in [0.05, 0.1) is 19.9 Å². The molecule has 0 heterocycles. The maximum absolute atomic E-state index is 12.1. The SMILES string of the molecule is COc1ccccc1/C=N\NC(=O)CNC(=O)c1ccc(C(C)(C)C)cc1. The van der Waals surface area contributed by atoms with Crippen LogP contribution < -0.4 is 15.5 Å². The van der Waals surface area contributed by atoms with E-state index >= 15 is 0 Å². The molecule has 0 spiro atoms. The van der Waals surface area contributed by atoms with Crippen LogP contribution in [0.4, 0.5) is 0 Å². The minimum atomic E-state index is -0.416. The second-order valence-corrected chi connectivity index (χ2v) is 7.05. The lowest BCUT2D eigenvalue weighted by atomic mass is 9.87. The van der Waals surface area contributed by atoms with Crippen LogP contribution in [-0.2, 0) is 10.2 Å². The minimum absolute atomic E-state index is 0.0222. The maximum atomic E-state index is 12.1. The number of hydrogen-bond acceptors (Lipinski definition) is 4. The number of carbonyl (C=O) groups excluding carboxylic acids is 2. The monoisotopic (exact) mass is 367 g/mol. The molecule has 6 nitrogen and oxygen atoms in total. The average molecular weight is 367 g/mol. The van der Waals surface area contributed by atoms with Gasteiger partial charge in [0.1, 0.15) is 5.75 Å². The van der Waals surface area contributed by atoms with Crippen molar-refractivity contribution in [2.75, 3.05) is 13.7 Å². The second kappa shape index (κ2) is 8.98. The second-order valence-electron chi connectivity index (χ2n) is 7.05. The summed E-state index contributed by atoms with van der Waals surface area (Å²) in [5.41, 5.74) is 4.79. The zero-order valence-electron chi connectivity index (χ0n) is 16.1. The van der Waals surface area contributed by atoms with Crippen molar-refractivity contribution in [3.63, 3.8) is 0 Å². The highest BCUT2D eigenvalue weighted by atomic mass is 16.5. The van der Waals surface area contributed by atoms with Crippen molar-refractivity contribution in [1.82, 2.24) is 10.7 Å². The summed E-state index contributed by atoms with van der Waals surface area (Å²) in [5, 5.41) is 6.46. The van der Waals surface area contributed by atoms with Gasteiger partial charge >= 0.3 is 0 Å². The van der Waals surface area contributed by atoms with Gasteiger partial charge in [-0.25, -0.2) is 5.43 Å². The molecule has 0 aliphatic carbocycles. The number of rotatable bonds is 6. The third-order valence-electron chi connectivity index (χ3n) is 3.95. The lowest BCUT2D eigenvalue weighted by Crippen LogP contribution is -2.34. The third kappa shape index (κ3) is 5.95. The van der Waals surface area contributed by atoms with Crippen molar-refractivity contribution in [2.24, 2.45) is 5.10 Å². The molecule has 2 rings (SSSR count). The molecule has 6 heteroatoms. The Morgan fingerprint density at radius 2 is 1.74 bits per heavy atom. The number of para-hydroxylation sites is 1. The van der Waals surface area contributed by atoms with Gasteiger partial charge in [0, 0.05) is 11.1 Å². The molecule has 0 saturated carbocycles. The molecule has 2 N–H and O–H groups in total. The Kier molecular flexibility index (Phi) is 6.71. The Morgan fingerprint density at radius 1 is 1.07 bits per heavy atom. The molecule has 142 valence electrons. The molecule has 27 heavy (non-hydrogen) atoms. The zero-order valence-corrected chi connectivity index (χ0v) is 16.1. The van der Waals surface area contributed by atoms with Crippen LogP contribution in [0.5, 0.6) is 5.75 Å². The van der Waals surface area contributed by atoms with Gasteiger partial charge in [-0.3, -0.25) is 9.59 Å². The Hall–Kier alpha value is -3.15. The summed E-state index contributed by atoms with van der Waals surface area (Å²) in [7, 11) is 1.56. The first-order chi connectivity index (χ1) is 12.8. The normalized spacial score (nSPS) is 11.3. The van der Waals surface area contributed by atoms with Gasteiger partial charge in [-0.1, -0.05) is 45.0 Å². The van der Waals surface area contributed by atoms with Crippen molar-refractivity contribution in [3.05, 3.63) is 65.2 Å². The molecule has 0 radical (unpaired) electrons. The van der Waals surface area contributed by atoms with Gasteiger partial charge in [-0.15, -0.1) is 0 Å². The molecule has 0 unspecified atom stereocenters. The number of methoxy groups -OCH3 is 1. The van der Waals surface area contributed by atoms with E-state index in [0.717, 1.165) is 11.1 Å². The summed E-state index contributed by atoms with van der Waals surface area (Å²) < 4.78 is 5.20. The number of ether oxygens (including phenoxy) is 1. The number of carbonyl (C=O) groups is 2. The van der Waals surface area contributed by atoms with E-state index in [-0.39, 0.29) is 17.9 Å². The molecular formula is C21H25N3O3. The molecule has 0 saturated heterocycles. The zero-order chi connectivity index (χ0) is 19.9. The fraction of sp³-hybridized carbons (Fsp3) is 0.286. The van der Waals surface area contributed by atoms with Crippen LogP contribution in [0.3, 0.4) is 0 Å². The third-order valence-corrected chi connectivity index (χ3v) is 3.95. The Labute approximate surface area is 159 Å². The minimum Gasteiger partial charge on any atom is -0.496 e. The maximum Gasteiger partial charge on any atom is 0.259 e. The van der Waals surface area contributed by atoms with Gasteiger partial charge in [0.25, 0.3) is 11.8 Å².